The van der Waals surface area contributed by atoms with Crippen LogP contribution in [0.3, 0.4) is 0 Å². The monoisotopic (exact) mass is 367 g/mol. The first-order valence-electron chi connectivity index (χ1n) is 8.97. The van der Waals surface area contributed by atoms with E-state index in [1.54, 1.807) is 24.3 Å². The largest absolute Gasteiger partial charge is 0.344 e. The Morgan fingerprint density at radius 2 is 1.76 bits per heavy atom. The zero-order valence-electron chi connectivity index (χ0n) is 15.2. The van der Waals surface area contributed by atoms with Crippen LogP contribution >= 0.6 is 0 Å². The summed E-state index contributed by atoms with van der Waals surface area (Å²) < 4.78 is 25.9. The van der Waals surface area contributed by atoms with Crippen molar-refractivity contribution in [1.82, 2.24) is 14.2 Å². The minimum absolute atomic E-state index is 0.0463. The van der Waals surface area contributed by atoms with Crippen molar-refractivity contribution in [1.29, 1.82) is 0 Å². The summed E-state index contributed by atoms with van der Waals surface area (Å²) >= 11 is 0. The van der Waals surface area contributed by atoms with Crippen molar-refractivity contribution in [3.63, 3.8) is 0 Å². The Bertz CT molecular complexity index is 641. The van der Waals surface area contributed by atoms with E-state index in [4.69, 9.17) is 0 Å². The highest BCUT2D eigenvalue weighted by molar-refractivity contribution is 7.88. The summed E-state index contributed by atoms with van der Waals surface area (Å²) in [6, 6.07) is 3.80. The van der Waals surface area contributed by atoms with E-state index in [-0.39, 0.29) is 18.5 Å². The van der Waals surface area contributed by atoms with Gasteiger partial charge in [0.05, 0.1) is 12.8 Å². The fraction of sp³-hybridized carbons (Fsp3) is 0.667. The van der Waals surface area contributed by atoms with Gasteiger partial charge in [-0.1, -0.05) is 25.7 Å². The average Bonchev–Trinajstić information content (AvgIpc) is 2.86. The maximum absolute atomic E-state index is 12.6. The number of carbonyl (C=O) groups is 1. The van der Waals surface area contributed by atoms with Gasteiger partial charge in [-0.25, -0.2) is 8.42 Å². The van der Waals surface area contributed by atoms with Crippen LogP contribution in [0.25, 0.3) is 0 Å². The first kappa shape index (κ1) is 19.8. The van der Waals surface area contributed by atoms with Gasteiger partial charge < -0.3 is 4.90 Å². The topological polar surface area (TPSA) is 70.6 Å². The van der Waals surface area contributed by atoms with Crippen molar-refractivity contribution in [3.05, 3.63) is 30.1 Å². The number of sulfonamides is 1. The minimum Gasteiger partial charge on any atom is -0.344 e. The maximum atomic E-state index is 12.6. The molecule has 0 spiro atoms. The van der Waals surface area contributed by atoms with Crippen molar-refractivity contribution in [2.75, 3.05) is 26.4 Å². The molecule has 1 aliphatic rings. The second kappa shape index (κ2) is 9.29. The van der Waals surface area contributed by atoms with E-state index < -0.39 is 10.0 Å². The summed E-state index contributed by atoms with van der Waals surface area (Å²) in [5.41, 5.74) is 1.11. The zero-order chi connectivity index (χ0) is 18.3. The third-order valence-corrected chi connectivity index (χ3v) is 6.14. The SMILES string of the molecule is CN(CCc1ccncc1)C(=O)CN(C1CCCCCC1)S(C)(=O)=O. The van der Waals surface area contributed by atoms with E-state index >= 15 is 0 Å². The molecule has 0 atom stereocenters. The van der Waals surface area contributed by atoms with Crippen LogP contribution in [0, 0.1) is 0 Å². The molecule has 1 amide bonds. The van der Waals surface area contributed by atoms with Gasteiger partial charge >= 0.3 is 0 Å². The molecule has 1 saturated carbocycles. The van der Waals surface area contributed by atoms with Crippen LogP contribution in [0.15, 0.2) is 24.5 Å². The molecule has 7 heteroatoms. The molecular formula is C18H29N3O3S. The third-order valence-electron chi connectivity index (χ3n) is 4.86. The highest BCUT2D eigenvalue weighted by atomic mass is 32.2. The maximum Gasteiger partial charge on any atom is 0.237 e. The number of aromatic nitrogens is 1. The number of pyridine rings is 1. The average molecular weight is 368 g/mol. The number of hydrogen-bond donors (Lipinski definition) is 0. The molecule has 0 bridgehead atoms. The van der Waals surface area contributed by atoms with Gasteiger partial charge in [-0.05, 0) is 37.0 Å². The molecule has 6 nitrogen and oxygen atoms in total. The molecule has 0 aromatic carbocycles. The van der Waals surface area contributed by atoms with Crippen molar-refractivity contribution in [2.24, 2.45) is 0 Å². The summed E-state index contributed by atoms with van der Waals surface area (Å²) in [4.78, 5) is 18.2. The van der Waals surface area contributed by atoms with Crippen molar-refractivity contribution in [2.45, 2.75) is 51.0 Å². The molecule has 140 valence electrons. The van der Waals surface area contributed by atoms with Gasteiger partial charge in [0.15, 0.2) is 0 Å². The van der Waals surface area contributed by atoms with Gasteiger partial charge in [-0.3, -0.25) is 9.78 Å². The van der Waals surface area contributed by atoms with Gasteiger partial charge in [-0.15, -0.1) is 0 Å². The molecule has 0 unspecified atom stereocenters. The number of hydrogen-bond acceptors (Lipinski definition) is 4. The van der Waals surface area contributed by atoms with E-state index in [9.17, 15) is 13.2 Å². The van der Waals surface area contributed by atoms with Crippen LogP contribution in [0.4, 0.5) is 0 Å². The molecule has 25 heavy (non-hydrogen) atoms. The lowest BCUT2D eigenvalue weighted by molar-refractivity contribution is -0.130. The number of nitrogens with zero attached hydrogens (tertiary/aromatic N) is 3. The fourth-order valence-electron chi connectivity index (χ4n) is 3.29. The molecular weight excluding hydrogens is 338 g/mol. The minimum atomic E-state index is -3.40. The van der Waals surface area contributed by atoms with Crippen LogP contribution in [-0.2, 0) is 21.2 Å². The molecule has 1 aliphatic carbocycles. The summed E-state index contributed by atoms with van der Waals surface area (Å²) in [5.74, 6) is -0.149. The number of rotatable bonds is 7. The Morgan fingerprint density at radius 3 is 2.32 bits per heavy atom. The summed E-state index contributed by atoms with van der Waals surface area (Å²) in [6.07, 6.45) is 11.5. The summed E-state index contributed by atoms with van der Waals surface area (Å²) in [7, 11) is -1.67. The van der Waals surface area contributed by atoms with Crippen LogP contribution in [-0.4, -0.2) is 60.9 Å². The van der Waals surface area contributed by atoms with Crippen LogP contribution in [0.2, 0.25) is 0 Å². The van der Waals surface area contributed by atoms with E-state index in [1.165, 1.54) is 10.6 Å². The number of amides is 1. The lowest BCUT2D eigenvalue weighted by atomic mass is 10.1. The van der Waals surface area contributed by atoms with Gasteiger partial charge in [0.1, 0.15) is 0 Å². The quantitative estimate of drug-likeness (QED) is 0.692. The van der Waals surface area contributed by atoms with Gasteiger partial charge in [0, 0.05) is 32.0 Å². The summed E-state index contributed by atoms with van der Waals surface area (Å²) in [5, 5.41) is 0. The number of likely N-dealkylation sites (N-methyl/N-ethyl adjacent to an activating group) is 1. The van der Waals surface area contributed by atoms with Crippen LogP contribution in [0.5, 0.6) is 0 Å². The highest BCUT2D eigenvalue weighted by Gasteiger charge is 2.30. The predicted molar refractivity (Wildman–Crippen MR) is 98.6 cm³/mol. The van der Waals surface area contributed by atoms with E-state index in [1.807, 2.05) is 12.1 Å². The Labute approximate surface area is 151 Å². The van der Waals surface area contributed by atoms with Crippen molar-refractivity contribution >= 4 is 15.9 Å². The lowest BCUT2D eigenvalue weighted by Crippen LogP contribution is -2.46. The second-order valence-corrected chi connectivity index (χ2v) is 8.81. The number of carbonyl (C=O) groups excluding carboxylic acids is 1. The Morgan fingerprint density at radius 1 is 1.16 bits per heavy atom. The fourth-order valence-corrected chi connectivity index (χ4v) is 4.39. The molecule has 1 aromatic rings. The molecule has 1 fully saturated rings. The second-order valence-electron chi connectivity index (χ2n) is 6.87. The van der Waals surface area contributed by atoms with Crippen LogP contribution < -0.4 is 0 Å². The molecule has 0 aliphatic heterocycles. The summed E-state index contributed by atoms with van der Waals surface area (Å²) in [6.45, 7) is 0.501. The van der Waals surface area contributed by atoms with E-state index in [0.29, 0.717) is 6.54 Å². The molecule has 0 radical (unpaired) electrons. The highest BCUT2D eigenvalue weighted by Crippen LogP contribution is 2.23. The molecule has 0 saturated heterocycles. The van der Waals surface area contributed by atoms with Gasteiger partial charge in [0.25, 0.3) is 0 Å². The molecule has 0 N–H and O–H groups in total. The van der Waals surface area contributed by atoms with Crippen molar-refractivity contribution < 1.29 is 13.2 Å². The normalized spacial score (nSPS) is 16.6. The first-order chi connectivity index (χ1) is 11.9. The first-order valence-corrected chi connectivity index (χ1v) is 10.8. The Kier molecular flexibility index (Phi) is 7.38. The van der Waals surface area contributed by atoms with Gasteiger partial charge in [0.2, 0.25) is 15.9 Å². The predicted octanol–water partition coefficient (Wildman–Crippen LogP) is 2.07. The zero-order valence-corrected chi connectivity index (χ0v) is 16.0. The van der Waals surface area contributed by atoms with Crippen LogP contribution in [0.1, 0.15) is 44.1 Å². The van der Waals surface area contributed by atoms with Gasteiger partial charge in [-0.2, -0.15) is 4.31 Å². The molecule has 1 aromatic heterocycles. The molecule has 2 rings (SSSR count). The Hall–Kier alpha value is -1.47. The lowest BCUT2D eigenvalue weighted by Gasteiger charge is -2.30. The van der Waals surface area contributed by atoms with Crippen molar-refractivity contribution in [3.8, 4) is 0 Å². The van der Waals surface area contributed by atoms with E-state index in [2.05, 4.69) is 4.98 Å². The standard InChI is InChI=1S/C18H29N3O3S/c1-20(14-11-16-9-12-19-13-10-16)18(22)15-21(25(2,23)24)17-7-5-3-4-6-8-17/h9-10,12-13,17H,3-8,11,14-15H2,1-2H3. The molecule has 1 heterocycles. The van der Waals surface area contributed by atoms with E-state index in [0.717, 1.165) is 50.5 Å². The third kappa shape index (κ3) is 6.40. The Balaban J connectivity index is 1.95. The smallest absolute Gasteiger partial charge is 0.237 e.